The lowest BCUT2D eigenvalue weighted by Crippen LogP contribution is -2.53. The Labute approximate surface area is 161 Å². The maximum atomic E-state index is 12.5. The number of benzene rings is 2. The fourth-order valence-electron chi connectivity index (χ4n) is 2.61. The van der Waals surface area contributed by atoms with Crippen molar-refractivity contribution >= 4 is 46.8 Å². The molecule has 2 aromatic rings. The van der Waals surface area contributed by atoms with Crippen LogP contribution in [0, 0.1) is 0 Å². The minimum atomic E-state index is -0.504. The molecule has 3 rings (SSSR count). The van der Waals surface area contributed by atoms with Crippen molar-refractivity contribution in [2.24, 2.45) is 0 Å². The van der Waals surface area contributed by atoms with Crippen LogP contribution in [0.1, 0.15) is 5.56 Å². The van der Waals surface area contributed by atoms with Gasteiger partial charge in [0.2, 0.25) is 0 Å². The zero-order chi connectivity index (χ0) is 18.7. The lowest BCUT2D eigenvalue weighted by molar-refractivity contribution is -0.128. The van der Waals surface area contributed by atoms with E-state index in [2.05, 4.69) is 11.9 Å². The number of hydrogen-bond acceptors (Lipinski definition) is 3. The molecule has 0 atom stereocenters. The van der Waals surface area contributed by atoms with Crippen molar-refractivity contribution in [2.45, 2.75) is 0 Å². The van der Waals surface area contributed by atoms with E-state index >= 15 is 0 Å². The summed E-state index contributed by atoms with van der Waals surface area (Å²) in [5, 5.41) is 3.27. The molecule has 4 nitrogen and oxygen atoms in total. The third-order valence-corrected chi connectivity index (χ3v) is 4.56. The molecule has 2 aromatic carbocycles. The second kappa shape index (κ2) is 7.64. The monoisotopic (exact) mass is 382 g/mol. The van der Waals surface area contributed by atoms with Crippen LogP contribution in [-0.2, 0) is 9.59 Å². The summed E-state index contributed by atoms with van der Waals surface area (Å²) >= 11 is 11.2. The van der Waals surface area contributed by atoms with Crippen LogP contribution in [0.15, 0.2) is 66.8 Å². The van der Waals surface area contributed by atoms with E-state index in [-0.39, 0.29) is 17.2 Å². The van der Waals surface area contributed by atoms with E-state index in [9.17, 15) is 9.59 Å². The van der Waals surface area contributed by atoms with E-state index in [1.165, 1.54) is 4.90 Å². The van der Waals surface area contributed by atoms with Gasteiger partial charge in [-0.25, -0.2) is 0 Å². The predicted octanol–water partition coefficient (Wildman–Crippen LogP) is 3.82. The van der Waals surface area contributed by atoms with Gasteiger partial charge in [0.1, 0.15) is 5.57 Å². The topological polar surface area (TPSA) is 49.4 Å². The van der Waals surface area contributed by atoms with Crippen LogP contribution in [0.2, 0.25) is 5.02 Å². The van der Waals surface area contributed by atoms with Crippen molar-refractivity contribution in [2.75, 3.05) is 6.54 Å². The van der Waals surface area contributed by atoms with Gasteiger partial charge in [-0.15, -0.1) is 6.58 Å². The molecule has 26 heavy (non-hydrogen) atoms. The standard InChI is InChI=1S/C20H15ClN2O2S/c1-2-11-23-19(25)16(18(24)22-20(23)26)12-13-7-9-14(10-8-13)15-5-3-4-6-17(15)21/h2-10,12H,1,11H2,(H,22,24,26)/b16-12+. The fraction of sp³-hybridized carbons (Fsp3) is 0.0500. The third kappa shape index (κ3) is 3.59. The van der Waals surface area contributed by atoms with Crippen molar-refractivity contribution in [3.8, 4) is 11.1 Å². The first-order valence-corrected chi connectivity index (χ1v) is 8.64. The van der Waals surface area contributed by atoms with Gasteiger partial charge in [-0.3, -0.25) is 19.8 Å². The molecule has 0 spiro atoms. The van der Waals surface area contributed by atoms with Gasteiger partial charge in [0, 0.05) is 17.1 Å². The Morgan fingerprint density at radius 2 is 1.81 bits per heavy atom. The predicted molar refractivity (Wildman–Crippen MR) is 108 cm³/mol. The number of rotatable bonds is 4. The van der Waals surface area contributed by atoms with Crippen LogP contribution in [0.4, 0.5) is 0 Å². The summed E-state index contributed by atoms with van der Waals surface area (Å²) in [5.74, 6) is -0.940. The van der Waals surface area contributed by atoms with Gasteiger partial charge in [-0.1, -0.05) is 60.1 Å². The van der Waals surface area contributed by atoms with Gasteiger partial charge < -0.3 is 0 Å². The summed E-state index contributed by atoms with van der Waals surface area (Å²) in [6, 6.07) is 15.0. The number of carbonyl (C=O) groups is 2. The Morgan fingerprint density at radius 3 is 2.46 bits per heavy atom. The Hall–Kier alpha value is -2.76. The number of hydrogen-bond donors (Lipinski definition) is 1. The summed E-state index contributed by atoms with van der Waals surface area (Å²) in [5.41, 5.74) is 2.63. The summed E-state index contributed by atoms with van der Waals surface area (Å²) < 4.78 is 0. The molecule has 0 radical (unpaired) electrons. The Bertz CT molecular complexity index is 935. The van der Waals surface area contributed by atoms with Crippen LogP contribution in [0.5, 0.6) is 0 Å². The lowest BCUT2D eigenvalue weighted by atomic mass is 10.0. The first-order valence-electron chi connectivity index (χ1n) is 7.86. The van der Waals surface area contributed by atoms with Crippen LogP contribution in [-0.4, -0.2) is 28.4 Å². The largest absolute Gasteiger partial charge is 0.298 e. The molecule has 0 aliphatic carbocycles. The molecule has 0 saturated carbocycles. The first kappa shape index (κ1) is 18.0. The highest BCUT2D eigenvalue weighted by Crippen LogP contribution is 2.28. The van der Waals surface area contributed by atoms with Crippen LogP contribution < -0.4 is 5.32 Å². The quantitative estimate of drug-likeness (QED) is 0.378. The molecular weight excluding hydrogens is 368 g/mol. The second-order valence-electron chi connectivity index (χ2n) is 5.62. The number of nitrogens with one attached hydrogen (secondary N) is 1. The molecule has 0 aromatic heterocycles. The van der Waals surface area contributed by atoms with Crippen molar-refractivity contribution < 1.29 is 9.59 Å². The molecule has 6 heteroatoms. The Morgan fingerprint density at radius 1 is 1.12 bits per heavy atom. The molecule has 0 unspecified atom stereocenters. The highest BCUT2D eigenvalue weighted by molar-refractivity contribution is 7.80. The molecule has 1 saturated heterocycles. The molecule has 1 aliphatic heterocycles. The zero-order valence-corrected chi connectivity index (χ0v) is 15.3. The molecule has 1 heterocycles. The van der Waals surface area contributed by atoms with Gasteiger partial charge >= 0.3 is 0 Å². The first-order chi connectivity index (χ1) is 12.5. The maximum Gasteiger partial charge on any atom is 0.265 e. The molecule has 1 N–H and O–H groups in total. The highest BCUT2D eigenvalue weighted by atomic mass is 35.5. The Kier molecular flexibility index (Phi) is 5.30. The van der Waals surface area contributed by atoms with Gasteiger partial charge in [-0.2, -0.15) is 0 Å². The van der Waals surface area contributed by atoms with Gasteiger partial charge in [-0.05, 0) is 35.5 Å². The number of amides is 2. The van der Waals surface area contributed by atoms with E-state index in [1.54, 1.807) is 12.2 Å². The van der Waals surface area contributed by atoms with Gasteiger partial charge in [0.25, 0.3) is 11.8 Å². The van der Waals surface area contributed by atoms with Crippen molar-refractivity contribution in [3.05, 3.63) is 77.3 Å². The molecule has 1 aliphatic rings. The molecular formula is C20H15ClN2O2S. The van der Waals surface area contributed by atoms with Crippen molar-refractivity contribution in [1.82, 2.24) is 10.2 Å². The average Bonchev–Trinajstić information content (AvgIpc) is 2.63. The van der Waals surface area contributed by atoms with E-state index in [1.807, 2.05) is 48.5 Å². The van der Waals surface area contributed by atoms with Gasteiger partial charge in [0.15, 0.2) is 5.11 Å². The Balaban J connectivity index is 1.90. The summed E-state index contributed by atoms with van der Waals surface area (Å²) in [6.07, 6.45) is 3.10. The van der Waals surface area contributed by atoms with Gasteiger partial charge in [0.05, 0.1) is 0 Å². The van der Waals surface area contributed by atoms with Crippen molar-refractivity contribution in [1.29, 1.82) is 0 Å². The van der Waals surface area contributed by atoms with Crippen LogP contribution >= 0.6 is 23.8 Å². The number of nitrogens with zero attached hydrogens (tertiary/aromatic N) is 1. The lowest BCUT2D eigenvalue weighted by Gasteiger charge is -2.27. The normalized spacial score (nSPS) is 16.0. The van der Waals surface area contributed by atoms with Crippen molar-refractivity contribution in [3.63, 3.8) is 0 Å². The molecule has 130 valence electrons. The number of halogens is 1. The smallest absolute Gasteiger partial charge is 0.265 e. The third-order valence-electron chi connectivity index (χ3n) is 3.90. The zero-order valence-electron chi connectivity index (χ0n) is 13.7. The summed E-state index contributed by atoms with van der Waals surface area (Å²) in [6.45, 7) is 3.84. The van der Waals surface area contributed by atoms with E-state index < -0.39 is 11.8 Å². The fourth-order valence-corrected chi connectivity index (χ4v) is 3.10. The molecule has 0 bridgehead atoms. The van der Waals surface area contributed by atoms with E-state index in [4.69, 9.17) is 23.8 Å². The average molecular weight is 383 g/mol. The second-order valence-corrected chi connectivity index (χ2v) is 6.42. The van der Waals surface area contributed by atoms with E-state index in [0.29, 0.717) is 5.02 Å². The van der Waals surface area contributed by atoms with E-state index in [0.717, 1.165) is 16.7 Å². The minimum absolute atomic E-state index is 0.0333. The summed E-state index contributed by atoms with van der Waals surface area (Å²) in [4.78, 5) is 26.0. The van der Waals surface area contributed by atoms with Crippen LogP contribution in [0.25, 0.3) is 17.2 Å². The number of carbonyl (C=O) groups excluding carboxylic acids is 2. The molecule has 1 fully saturated rings. The highest BCUT2D eigenvalue weighted by Gasteiger charge is 2.32. The minimum Gasteiger partial charge on any atom is -0.298 e. The maximum absolute atomic E-state index is 12.5. The SMILES string of the molecule is C=CCN1C(=O)/C(=C/c2ccc(-c3ccccc3Cl)cc2)C(=O)NC1=S. The van der Waals surface area contributed by atoms with Crippen LogP contribution in [0.3, 0.4) is 0 Å². The number of thiocarbonyl (C=S) groups is 1. The molecule has 2 amide bonds. The summed E-state index contributed by atoms with van der Waals surface area (Å²) in [7, 11) is 0.